The second-order valence-corrected chi connectivity index (χ2v) is 7.60. The zero-order chi connectivity index (χ0) is 20.4. The number of amides is 1. The van der Waals surface area contributed by atoms with E-state index >= 15 is 0 Å². The Morgan fingerprint density at radius 1 is 1.14 bits per heavy atom. The molecule has 150 valence electrons. The molecule has 1 fully saturated rings. The van der Waals surface area contributed by atoms with Crippen molar-refractivity contribution < 1.29 is 9.18 Å². The lowest BCUT2D eigenvalue weighted by molar-refractivity contribution is 0.0726. The Kier molecular flexibility index (Phi) is 5.47. The Balaban J connectivity index is 1.82. The molecule has 4 rings (SSSR count). The molecule has 0 spiro atoms. The fourth-order valence-corrected chi connectivity index (χ4v) is 4.07. The third-order valence-corrected chi connectivity index (χ3v) is 5.77. The summed E-state index contributed by atoms with van der Waals surface area (Å²) in [5.74, 6) is 0.432. The number of halogens is 1. The van der Waals surface area contributed by atoms with E-state index in [2.05, 4.69) is 23.3 Å². The number of nitrogens with zero attached hydrogens (tertiary/aromatic N) is 2. The topological polar surface area (TPSA) is 45.2 Å². The number of nitrogens with one attached hydrogen (secondary N) is 1. The normalized spacial score (nSPS) is 14.2. The molecule has 0 radical (unpaired) electrons. The Bertz CT molecular complexity index is 1060. The summed E-state index contributed by atoms with van der Waals surface area (Å²) in [6, 6.07) is 11.0. The van der Waals surface area contributed by atoms with E-state index in [-0.39, 0.29) is 11.7 Å². The molecule has 1 amide bonds. The summed E-state index contributed by atoms with van der Waals surface area (Å²) in [5, 5.41) is 5.10. The summed E-state index contributed by atoms with van der Waals surface area (Å²) >= 11 is 0. The first-order valence-electron chi connectivity index (χ1n) is 10.3. The highest BCUT2D eigenvalue weighted by Crippen LogP contribution is 2.32. The van der Waals surface area contributed by atoms with E-state index in [0.29, 0.717) is 22.6 Å². The summed E-state index contributed by atoms with van der Waals surface area (Å²) in [7, 11) is 0. The van der Waals surface area contributed by atoms with E-state index in [0.717, 1.165) is 48.7 Å². The van der Waals surface area contributed by atoms with Crippen molar-refractivity contribution in [2.75, 3.05) is 18.4 Å². The van der Waals surface area contributed by atoms with Crippen LogP contribution in [0.2, 0.25) is 0 Å². The Morgan fingerprint density at radius 3 is 2.66 bits per heavy atom. The van der Waals surface area contributed by atoms with Gasteiger partial charge in [-0.2, -0.15) is 0 Å². The number of rotatable bonds is 4. The van der Waals surface area contributed by atoms with Gasteiger partial charge in [0.2, 0.25) is 0 Å². The van der Waals surface area contributed by atoms with Crippen molar-refractivity contribution in [1.82, 2.24) is 9.88 Å². The van der Waals surface area contributed by atoms with Crippen molar-refractivity contribution >= 4 is 28.2 Å². The lowest BCUT2D eigenvalue weighted by atomic mass is 9.98. The monoisotopic (exact) mass is 391 g/mol. The summed E-state index contributed by atoms with van der Waals surface area (Å²) < 4.78 is 14.0. The van der Waals surface area contributed by atoms with Gasteiger partial charge in [0.25, 0.3) is 5.91 Å². The average molecular weight is 391 g/mol. The number of hydrogen-bond donors (Lipinski definition) is 1. The van der Waals surface area contributed by atoms with E-state index in [1.54, 1.807) is 19.2 Å². The summed E-state index contributed by atoms with van der Waals surface area (Å²) in [5.41, 5.74) is 2.99. The molecule has 0 saturated carbocycles. The molecule has 2 heterocycles. The Hall–Kier alpha value is -2.95. The fourth-order valence-electron chi connectivity index (χ4n) is 4.07. The van der Waals surface area contributed by atoms with Crippen LogP contribution in [0.4, 0.5) is 15.9 Å². The first-order chi connectivity index (χ1) is 14.1. The molecule has 1 saturated heterocycles. The first kappa shape index (κ1) is 19.4. The molecule has 0 aliphatic carbocycles. The van der Waals surface area contributed by atoms with Gasteiger partial charge in [0.15, 0.2) is 0 Å². The van der Waals surface area contributed by atoms with Crippen LogP contribution in [-0.2, 0) is 6.42 Å². The molecule has 0 atom stereocenters. The van der Waals surface area contributed by atoms with Gasteiger partial charge in [0.1, 0.15) is 11.6 Å². The molecule has 29 heavy (non-hydrogen) atoms. The minimum absolute atomic E-state index is 0.0524. The number of aromatic nitrogens is 1. The number of likely N-dealkylation sites (tertiary alicyclic amines) is 1. The third kappa shape index (κ3) is 3.69. The van der Waals surface area contributed by atoms with Gasteiger partial charge in [-0.3, -0.25) is 4.79 Å². The van der Waals surface area contributed by atoms with Crippen LogP contribution in [0.15, 0.2) is 42.6 Å². The van der Waals surface area contributed by atoms with Gasteiger partial charge < -0.3 is 10.2 Å². The molecule has 1 aliphatic rings. The number of benzene rings is 2. The molecule has 5 heteroatoms. The smallest absolute Gasteiger partial charge is 0.256 e. The largest absolute Gasteiger partial charge is 0.339 e. The van der Waals surface area contributed by atoms with E-state index < -0.39 is 0 Å². The molecular weight excluding hydrogens is 365 g/mol. The van der Waals surface area contributed by atoms with Crippen LogP contribution in [0.25, 0.3) is 10.8 Å². The molecule has 0 unspecified atom stereocenters. The number of pyridine rings is 1. The van der Waals surface area contributed by atoms with Crippen molar-refractivity contribution in [1.29, 1.82) is 0 Å². The maximum atomic E-state index is 14.0. The number of fused-ring (bicyclic) bond motifs is 1. The minimum Gasteiger partial charge on any atom is -0.339 e. The zero-order valence-electron chi connectivity index (χ0n) is 17.0. The number of aryl methyl sites for hydroxylation is 1. The van der Waals surface area contributed by atoms with Crippen molar-refractivity contribution in [3.8, 4) is 0 Å². The molecule has 3 aromatic rings. The number of piperidine rings is 1. The van der Waals surface area contributed by atoms with Crippen molar-refractivity contribution in [2.24, 2.45) is 0 Å². The van der Waals surface area contributed by atoms with Gasteiger partial charge in [-0.15, -0.1) is 0 Å². The van der Waals surface area contributed by atoms with Crippen LogP contribution in [-0.4, -0.2) is 28.9 Å². The van der Waals surface area contributed by atoms with Crippen LogP contribution in [0.3, 0.4) is 0 Å². The average Bonchev–Trinajstić information content (AvgIpc) is 2.76. The Labute approximate surface area is 170 Å². The summed E-state index contributed by atoms with van der Waals surface area (Å²) in [4.78, 5) is 19.8. The second-order valence-electron chi connectivity index (χ2n) is 7.60. The predicted octanol–water partition coefficient (Wildman–Crippen LogP) is 5.61. The summed E-state index contributed by atoms with van der Waals surface area (Å²) in [6.45, 7) is 5.44. The standard InChI is InChI=1S/C24H26FN3O/c1-3-17-9-7-10-18-22(17)19(24(29)28-13-5-4-6-14-28)15-26-23(18)27-21-12-8-11-20(25)16(21)2/h7-12,15H,3-6,13-14H2,1-2H3,(H,26,27). The van der Waals surface area contributed by atoms with Crippen molar-refractivity contribution in [3.05, 3.63) is 65.1 Å². The highest BCUT2D eigenvalue weighted by molar-refractivity contribution is 6.10. The van der Waals surface area contributed by atoms with Gasteiger partial charge in [-0.25, -0.2) is 9.37 Å². The zero-order valence-corrected chi connectivity index (χ0v) is 17.0. The molecule has 2 aromatic carbocycles. The van der Waals surface area contributed by atoms with Gasteiger partial charge in [-0.05, 0) is 50.3 Å². The molecule has 4 nitrogen and oxygen atoms in total. The lowest BCUT2D eigenvalue weighted by Gasteiger charge is -2.27. The minimum atomic E-state index is -0.259. The molecule has 1 N–H and O–H groups in total. The quantitative estimate of drug-likeness (QED) is 0.628. The maximum absolute atomic E-state index is 14.0. The van der Waals surface area contributed by atoms with Gasteiger partial charge >= 0.3 is 0 Å². The van der Waals surface area contributed by atoms with Crippen molar-refractivity contribution in [3.63, 3.8) is 0 Å². The number of carbonyl (C=O) groups excluding carboxylic acids is 1. The molecule has 1 aliphatic heterocycles. The second kappa shape index (κ2) is 8.19. The van der Waals surface area contributed by atoms with Gasteiger partial charge in [-0.1, -0.05) is 31.2 Å². The summed E-state index contributed by atoms with van der Waals surface area (Å²) in [6.07, 6.45) is 5.78. The predicted molar refractivity (Wildman–Crippen MR) is 115 cm³/mol. The van der Waals surface area contributed by atoms with E-state index in [1.165, 1.54) is 12.5 Å². The fraction of sp³-hybridized carbons (Fsp3) is 0.333. The van der Waals surface area contributed by atoms with Crippen LogP contribution in [0.1, 0.15) is 47.7 Å². The maximum Gasteiger partial charge on any atom is 0.256 e. The third-order valence-electron chi connectivity index (χ3n) is 5.77. The lowest BCUT2D eigenvalue weighted by Crippen LogP contribution is -2.35. The SMILES string of the molecule is CCc1cccc2c(Nc3cccc(F)c3C)ncc(C(=O)N3CCCCC3)c12. The first-order valence-corrected chi connectivity index (χ1v) is 10.3. The van der Waals surface area contributed by atoms with Crippen LogP contribution in [0.5, 0.6) is 0 Å². The van der Waals surface area contributed by atoms with Crippen LogP contribution in [0, 0.1) is 12.7 Å². The molecule has 1 aromatic heterocycles. The Morgan fingerprint density at radius 2 is 1.90 bits per heavy atom. The highest BCUT2D eigenvalue weighted by atomic mass is 19.1. The molecule has 0 bridgehead atoms. The van der Waals surface area contributed by atoms with E-state index in [4.69, 9.17) is 0 Å². The molecular formula is C24H26FN3O. The van der Waals surface area contributed by atoms with Gasteiger partial charge in [0, 0.05) is 41.3 Å². The number of carbonyl (C=O) groups is 1. The van der Waals surface area contributed by atoms with Crippen molar-refractivity contribution in [2.45, 2.75) is 39.5 Å². The van der Waals surface area contributed by atoms with E-state index in [9.17, 15) is 9.18 Å². The number of hydrogen-bond acceptors (Lipinski definition) is 3. The number of anilines is 2. The highest BCUT2D eigenvalue weighted by Gasteiger charge is 2.23. The van der Waals surface area contributed by atoms with E-state index in [1.807, 2.05) is 23.1 Å². The van der Waals surface area contributed by atoms with Gasteiger partial charge in [0.05, 0.1) is 5.56 Å². The van der Waals surface area contributed by atoms with Crippen LogP contribution < -0.4 is 5.32 Å². The van der Waals surface area contributed by atoms with Crippen LogP contribution >= 0.6 is 0 Å².